The van der Waals surface area contributed by atoms with Crippen molar-refractivity contribution in [2.45, 2.75) is 31.1 Å². The molecule has 0 saturated carbocycles. The number of benzene rings is 1. The maximum atomic E-state index is 12.1. The zero-order valence-electron chi connectivity index (χ0n) is 14.7. The standard InChI is InChI=1S/C18H24N4O3S/c1-2-3-11-20-15-6-9-17(22-13-15)18(23)21-12-10-14-4-7-16(8-5-14)26(19,24)25/h4-9,13,20H,2-3,10-12H2,1H3,(H,21,23)(H2,19,24,25). The van der Waals surface area contributed by atoms with Gasteiger partial charge in [-0.15, -0.1) is 0 Å². The van der Waals surface area contributed by atoms with Crippen LogP contribution in [0.25, 0.3) is 0 Å². The van der Waals surface area contributed by atoms with Crippen molar-refractivity contribution in [1.82, 2.24) is 10.3 Å². The molecule has 0 atom stereocenters. The Labute approximate surface area is 154 Å². The number of nitrogens with two attached hydrogens (primary N) is 1. The molecule has 0 spiro atoms. The smallest absolute Gasteiger partial charge is 0.269 e. The average Bonchev–Trinajstić information content (AvgIpc) is 2.62. The molecule has 1 aromatic carbocycles. The van der Waals surface area contributed by atoms with Crippen LogP contribution in [0.3, 0.4) is 0 Å². The number of pyridine rings is 1. The van der Waals surface area contributed by atoms with Gasteiger partial charge in [0.25, 0.3) is 5.91 Å². The highest BCUT2D eigenvalue weighted by molar-refractivity contribution is 7.89. The van der Waals surface area contributed by atoms with Gasteiger partial charge in [0.15, 0.2) is 0 Å². The molecule has 0 saturated heterocycles. The van der Waals surface area contributed by atoms with Crippen LogP contribution in [-0.2, 0) is 16.4 Å². The summed E-state index contributed by atoms with van der Waals surface area (Å²) in [4.78, 5) is 16.3. The Hall–Kier alpha value is -2.45. The van der Waals surface area contributed by atoms with E-state index in [1.54, 1.807) is 24.4 Å². The topological polar surface area (TPSA) is 114 Å². The fourth-order valence-electron chi connectivity index (χ4n) is 2.30. The van der Waals surface area contributed by atoms with Crippen LogP contribution < -0.4 is 15.8 Å². The monoisotopic (exact) mass is 376 g/mol. The van der Waals surface area contributed by atoms with Crippen molar-refractivity contribution in [2.75, 3.05) is 18.4 Å². The molecule has 0 fully saturated rings. The second-order valence-electron chi connectivity index (χ2n) is 5.91. The van der Waals surface area contributed by atoms with Crippen molar-refractivity contribution in [3.05, 3.63) is 53.9 Å². The molecule has 1 heterocycles. The Morgan fingerprint density at radius 2 is 1.85 bits per heavy atom. The van der Waals surface area contributed by atoms with Crippen LogP contribution in [0, 0.1) is 0 Å². The largest absolute Gasteiger partial charge is 0.384 e. The first kappa shape index (κ1) is 19.9. The number of rotatable bonds is 9. The van der Waals surface area contributed by atoms with Gasteiger partial charge in [0.2, 0.25) is 10.0 Å². The van der Waals surface area contributed by atoms with Crippen LogP contribution in [-0.4, -0.2) is 32.4 Å². The molecule has 8 heteroatoms. The summed E-state index contributed by atoms with van der Waals surface area (Å²) in [5.41, 5.74) is 2.15. The zero-order valence-corrected chi connectivity index (χ0v) is 15.6. The molecule has 2 rings (SSSR count). The summed E-state index contributed by atoms with van der Waals surface area (Å²) in [6.45, 7) is 3.43. The van der Waals surface area contributed by atoms with E-state index in [9.17, 15) is 13.2 Å². The van der Waals surface area contributed by atoms with Gasteiger partial charge < -0.3 is 10.6 Å². The Kier molecular flexibility index (Phi) is 7.11. The number of carbonyl (C=O) groups is 1. The number of carbonyl (C=O) groups excluding carboxylic acids is 1. The lowest BCUT2D eigenvalue weighted by molar-refractivity contribution is 0.0949. The predicted molar refractivity (Wildman–Crippen MR) is 101 cm³/mol. The first-order chi connectivity index (χ1) is 12.4. The minimum atomic E-state index is -3.68. The van der Waals surface area contributed by atoms with Crippen LogP contribution in [0.1, 0.15) is 35.8 Å². The summed E-state index contributed by atoms with van der Waals surface area (Å²) in [7, 11) is -3.68. The van der Waals surface area contributed by atoms with Crippen molar-refractivity contribution < 1.29 is 13.2 Å². The van der Waals surface area contributed by atoms with Gasteiger partial charge in [0, 0.05) is 13.1 Å². The Morgan fingerprint density at radius 1 is 1.12 bits per heavy atom. The van der Waals surface area contributed by atoms with Crippen LogP contribution in [0.5, 0.6) is 0 Å². The van der Waals surface area contributed by atoms with Crippen molar-refractivity contribution >= 4 is 21.6 Å². The van der Waals surface area contributed by atoms with E-state index in [1.807, 2.05) is 6.07 Å². The van der Waals surface area contributed by atoms with E-state index >= 15 is 0 Å². The van der Waals surface area contributed by atoms with Gasteiger partial charge in [0.1, 0.15) is 5.69 Å². The molecule has 0 unspecified atom stereocenters. The Morgan fingerprint density at radius 3 is 2.42 bits per heavy atom. The molecule has 1 aromatic heterocycles. The predicted octanol–water partition coefficient (Wildman–Crippen LogP) is 1.91. The normalized spacial score (nSPS) is 11.2. The number of aromatic nitrogens is 1. The molecule has 0 aliphatic carbocycles. The van der Waals surface area contributed by atoms with Crippen LogP contribution in [0.15, 0.2) is 47.5 Å². The highest BCUT2D eigenvalue weighted by Crippen LogP contribution is 2.09. The molecule has 0 bridgehead atoms. The minimum Gasteiger partial charge on any atom is -0.384 e. The fourth-order valence-corrected chi connectivity index (χ4v) is 2.81. The first-order valence-corrected chi connectivity index (χ1v) is 10.0. The van der Waals surface area contributed by atoms with Gasteiger partial charge in [-0.05, 0) is 42.7 Å². The van der Waals surface area contributed by atoms with Crippen molar-refractivity contribution in [2.24, 2.45) is 5.14 Å². The van der Waals surface area contributed by atoms with Crippen molar-refractivity contribution in [3.8, 4) is 0 Å². The van der Waals surface area contributed by atoms with Crippen molar-refractivity contribution in [1.29, 1.82) is 0 Å². The fraction of sp³-hybridized carbons (Fsp3) is 0.333. The first-order valence-electron chi connectivity index (χ1n) is 8.50. The number of nitrogens with zero attached hydrogens (tertiary/aromatic N) is 1. The number of sulfonamides is 1. The second kappa shape index (κ2) is 9.30. The van der Waals surface area contributed by atoms with E-state index in [0.717, 1.165) is 30.6 Å². The minimum absolute atomic E-state index is 0.0714. The lowest BCUT2D eigenvalue weighted by Gasteiger charge is -2.07. The van der Waals surface area contributed by atoms with Gasteiger partial charge in [-0.25, -0.2) is 18.5 Å². The lowest BCUT2D eigenvalue weighted by Crippen LogP contribution is -2.26. The number of nitrogens with one attached hydrogen (secondary N) is 2. The van der Waals surface area contributed by atoms with Gasteiger partial charge in [-0.2, -0.15) is 0 Å². The summed E-state index contributed by atoms with van der Waals surface area (Å²) >= 11 is 0. The third-order valence-electron chi connectivity index (χ3n) is 3.81. The summed E-state index contributed by atoms with van der Waals surface area (Å²) in [5.74, 6) is -0.244. The number of hydrogen-bond donors (Lipinski definition) is 3. The lowest BCUT2D eigenvalue weighted by atomic mass is 10.1. The van der Waals surface area contributed by atoms with E-state index in [0.29, 0.717) is 18.7 Å². The summed E-state index contributed by atoms with van der Waals surface area (Å²) in [6, 6.07) is 9.80. The van der Waals surface area contributed by atoms with Crippen LogP contribution in [0.4, 0.5) is 5.69 Å². The third kappa shape index (κ3) is 6.12. The highest BCUT2D eigenvalue weighted by Gasteiger charge is 2.08. The zero-order chi connectivity index (χ0) is 19.0. The number of anilines is 1. The number of hydrogen-bond acceptors (Lipinski definition) is 5. The summed E-state index contributed by atoms with van der Waals surface area (Å²) in [6.07, 6.45) is 4.43. The van der Waals surface area contributed by atoms with E-state index in [-0.39, 0.29) is 10.8 Å². The average molecular weight is 376 g/mol. The van der Waals surface area contributed by atoms with Crippen molar-refractivity contribution in [3.63, 3.8) is 0 Å². The van der Waals surface area contributed by atoms with Gasteiger partial charge in [0.05, 0.1) is 16.8 Å². The van der Waals surface area contributed by atoms with Crippen LogP contribution in [0.2, 0.25) is 0 Å². The van der Waals surface area contributed by atoms with Gasteiger partial charge in [-0.1, -0.05) is 25.5 Å². The maximum Gasteiger partial charge on any atom is 0.269 e. The second-order valence-corrected chi connectivity index (χ2v) is 7.47. The molecule has 7 nitrogen and oxygen atoms in total. The molecule has 1 amide bonds. The molecular formula is C18H24N4O3S. The highest BCUT2D eigenvalue weighted by atomic mass is 32.2. The van der Waals surface area contributed by atoms with Gasteiger partial charge in [-0.3, -0.25) is 4.79 Å². The summed E-state index contributed by atoms with van der Waals surface area (Å²) in [5, 5.41) is 11.1. The van der Waals surface area contributed by atoms with E-state index in [2.05, 4.69) is 22.5 Å². The van der Waals surface area contributed by atoms with E-state index in [1.165, 1.54) is 12.1 Å². The Balaban J connectivity index is 1.81. The number of unbranched alkanes of at least 4 members (excludes halogenated alkanes) is 1. The van der Waals surface area contributed by atoms with Gasteiger partial charge >= 0.3 is 0 Å². The molecule has 26 heavy (non-hydrogen) atoms. The molecule has 0 aliphatic heterocycles. The SMILES string of the molecule is CCCCNc1ccc(C(=O)NCCc2ccc(S(N)(=O)=O)cc2)nc1. The molecular weight excluding hydrogens is 352 g/mol. The van der Waals surface area contributed by atoms with E-state index < -0.39 is 10.0 Å². The molecule has 2 aromatic rings. The van der Waals surface area contributed by atoms with Crippen LogP contribution >= 0.6 is 0 Å². The molecule has 0 radical (unpaired) electrons. The maximum absolute atomic E-state index is 12.1. The third-order valence-corrected chi connectivity index (χ3v) is 4.74. The molecule has 4 N–H and O–H groups in total. The molecule has 140 valence electrons. The van der Waals surface area contributed by atoms with E-state index in [4.69, 9.17) is 5.14 Å². The molecule has 0 aliphatic rings. The number of amides is 1. The summed E-state index contributed by atoms with van der Waals surface area (Å²) < 4.78 is 22.4. The number of primary sulfonamides is 1. The quantitative estimate of drug-likeness (QED) is 0.579. The Bertz CT molecular complexity index is 819.